The first-order valence-corrected chi connectivity index (χ1v) is 45.2. The number of unbranched alkanes of at least 4 members (excludes halogenated alkanes) is 9. The molecule has 23 N–H and O–H groups in total. The van der Waals surface area contributed by atoms with Crippen LogP contribution in [-0.4, -0.2) is 243 Å². The lowest BCUT2D eigenvalue weighted by Gasteiger charge is -2.13. The molecule has 0 bridgehead atoms. The predicted octanol–water partition coefficient (Wildman–Crippen LogP) is 15.4. The molecule has 0 radical (unpaired) electrons. The van der Waals surface area contributed by atoms with E-state index in [0.29, 0.717) is 106 Å². The molecule has 0 spiro atoms. The highest BCUT2D eigenvalue weighted by Gasteiger charge is 2.10. The van der Waals surface area contributed by atoms with E-state index in [1.807, 2.05) is 0 Å². The summed E-state index contributed by atoms with van der Waals surface area (Å²) >= 11 is 48.9. The number of aromatic nitrogens is 18. The maximum Gasteiger partial charge on any atom is 0.229 e. The zero-order valence-corrected chi connectivity index (χ0v) is 81.0. The van der Waals surface area contributed by atoms with Crippen LogP contribution in [0, 0.1) is 0 Å². The van der Waals surface area contributed by atoms with Gasteiger partial charge in [-0.2, -0.15) is 89.7 Å². The van der Waals surface area contributed by atoms with Crippen molar-refractivity contribution in [3.63, 3.8) is 0 Å². The average molecular weight is 1860 g/mol. The van der Waals surface area contributed by atoms with Crippen LogP contribution in [0.1, 0.15) is 226 Å². The minimum atomic E-state index is 0.000000000000000444. The fourth-order valence-corrected chi connectivity index (χ4v) is 9.20. The lowest BCUT2D eigenvalue weighted by Crippen LogP contribution is -2.21. The van der Waals surface area contributed by atoms with Crippen molar-refractivity contribution in [3.05, 3.63) is 47.6 Å². The smallest absolute Gasteiger partial charge is 0.229 e. The van der Waals surface area contributed by atoms with Crippen LogP contribution in [0.4, 0.5) is 53.5 Å². The quantitative estimate of drug-likeness (QED) is 0.0158. The van der Waals surface area contributed by atoms with E-state index in [1.54, 1.807) is 0 Å². The maximum absolute atomic E-state index is 5.83. The summed E-state index contributed by atoms with van der Waals surface area (Å²) in [6.45, 7) is 53.1. The first-order valence-electron chi connectivity index (χ1n) is 41.8. The summed E-state index contributed by atoms with van der Waals surface area (Å²) < 4.78 is 0. The van der Waals surface area contributed by atoms with Crippen molar-refractivity contribution in [2.45, 2.75) is 226 Å². The molecule has 45 heteroatoms. The van der Waals surface area contributed by atoms with Gasteiger partial charge in [0.15, 0.2) is 0 Å². The third-order valence-corrected chi connectivity index (χ3v) is 15.7. The van der Waals surface area contributed by atoms with E-state index in [4.69, 9.17) is 145 Å². The van der Waals surface area contributed by atoms with E-state index in [-0.39, 0.29) is 47.6 Å². The Morgan fingerprint density at radius 1 is 0.176 bits per heavy atom. The summed E-state index contributed by atoms with van der Waals surface area (Å²) in [5.74, 6) is 4.86. The first kappa shape index (κ1) is 124. The topological polar surface area (TPSA) is 529 Å². The number of nitrogens with one attached hydrogen (secondary N) is 9. The SMILES string of the molecule is CCCCC.CCCCN.CCCCNc1nc(Cl)nc(Cl)n1.CCCCNc1nc(Cl)nc(NCCCC)n1.CCCCNc1nc(NCCN)nc(NCCCC)n1.CCCCNc1nc(NCCN)nc(NCCN)n1.CCCN.CCN(CC)CC.CCN(CC)CC.Clc1nc(Cl)nc(Cl)n1.Clc1nc(Cl)nc(Cl)n1.NCCN. The van der Waals surface area contributed by atoms with Gasteiger partial charge in [-0.15, -0.1) is 0 Å². The van der Waals surface area contributed by atoms with Crippen molar-refractivity contribution in [1.82, 2.24) is 99.5 Å². The van der Waals surface area contributed by atoms with Gasteiger partial charge in [0.05, 0.1) is 0 Å². The van der Waals surface area contributed by atoms with E-state index >= 15 is 0 Å². The number of halogens is 9. The molecule has 6 rings (SSSR count). The Balaban J connectivity index is -0.000000304. The average Bonchev–Trinajstić information content (AvgIpc) is 0.881. The van der Waals surface area contributed by atoms with Gasteiger partial charge in [0, 0.05) is 91.6 Å². The van der Waals surface area contributed by atoms with Crippen LogP contribution in [0.2, 0.25) is 47.6 Å². The van der Waals surface area contributed by atoms with Gasteiger partial charge in [0.2, 0.25) is 101 Å². The first-order chi connectivity index (χ1) is 57.3. The zero-order chi connectivity index (χ0) is 90.9. The van der Waals surface area contributed by atoms with Crippen LogP contribution in [-0.2, 0) is 0 Å². The number of rotatable bonds is 45. The van der Waals surface area contributed by atoms with E-state index in [9.17, 15) is 0 Å². The lowest BCUT2D eigenvalue weighted by atomic mass is 10.3. The number of anilines is 9. The highest BCUT2D eigenvalue weighted by Crippen LogP contribution is 2.15. The van der Waals surface area contributed by atoms with Crippen molar-refractivity contribution in [2.24, 2.45) is 40.1 Å². The van der Waals surface area contributed by atoms with Crippen molar-refractivity contribution in [3.8, 4) is 0 Å². The molecule has 0 saturated carbocycles. The van der Waals surface area contributed by atoms with Crippen LogP contribution < -0.4 is 88.0 Å². The molecule has 6 aromatic rings. The Bertz CT molecular complexity index is 2860. The molecule has 36 nitrogen and oxygen atoms in total. The molecule has 0 fully saturated rings. The van der Waals surface area contributed by atoms with E-state index in [0.717, 1.165) is 136 Å². The summed E-state index contributed by atoms with van der Waals surface area (Å²) in [6, 6.07) is 0. The molecule has 6 heterocycles. The highest BCUT2D eigenvalue weighted by atomic mass is 35.5. The summed E-state index contributed by atoms with van der Waals surface area (Å²) in [6.07, 6.45) is 20.8. The third kappa shape index (κ3) is 85.9. The summed E-state index contributed by atoms with van der Waals surface area (Å²) in [7, 11) is 0. The van der Waals surface area contributed by atoms with E-state index in [2.05, 4.69) is 258 Å². The standard InChI is InChI=1S/C13H27N7.C11H20ClN5.C11H24N8.C7H10Cl2N4.2C6H15N.C5H12.C4H11N.2C3Cl3N3.C3H9N.C2H8N2/c1-3-5-8-15-11-18-12(16-9-6-4-2)20-13(19-11)17-10-7-14;1-3-5-7-13-10-15-9(12)16-11(17-10)14-8-6-4-2;1-2-3-6-14-9-17-10(15-7-4-12)19-11(18-9)16-8-5-13;1-2-3-4-10-7-12-5(8)11-6(9)13-7;2*1-4-7(5-2)6-3;1-3-5-4-2;1-2-3-4-5;2*4-1-7-2(5)9-3(6)8-1;1-2-3-4;3-1-2-4/h3-10,14H2,1-2H3,(H3,15,16,17,18,19,20);3-8H2,1-2H3,(H2,13,14,15,16,17);2-8,12-13H2,1H3,(H3,14,15,16,17,18,19);2-4H2,1H3,(H,10,11,12,13);2*4-6H2,1-3H3;3-5H2,1-2H3;2-5H2,1H3;;;2-4H2,1H3;1-4H2. The Morgan fingerprint density at radius 2 is 0.328 bits per heavy atom. The van der Waals surface area contributed by atoms with Gasteiger partial charge in [0.1, 0.15) is 0 Å². The molecule has 0 atom stereocenters. The van der Waals surface area contributed by atoms with Gasteiger partial charge < -0.3 is 97.8 Å². The van der Waals surface area contributed by atoms with Gasteiger partial charge in [-0.05, 0) is 208 Å². The molecule has 0 unspecified atom stereocenters. The van der Waals surface area contributed by atoms with Crippen molar-refractivity contribution in [1.29, 1.82) is 0 Å². The molecule has 119 heavy (non-hydrogen) atoms. The predicted molar refractivity (Wildman–Crippen MR) is 511 cm³/mol. The molecule has 690 valence electrons. The molecule has 0 aliphatic rings. The summed E-state index contributed by atoms with van der Waals surface area (Å²) in [5, 5.41) is 28.5. The van der Waals surface area contributed by atoms with Crippen LogP contribution >= 0.6 is 104 Å². The van der Waals surface area contributed by atoms with Crippen molar-refractivity contribution >= 4 is 158 Å². The molecule has 0 amide bonds. The molecular weight excluding hydrogens is 1710 g/mol. The largest absolute Gasteiger partial charge is 0.354 e. The Labute approximate surface area is 758 Å². The molecule has 0 aromatic carbocycles. The van der Waals surface area contributed by atoms with E-state index in [1.165, 1.54) is 71.4 Å². The second-order valence-electron chi connectivity index (χ2n) is 24.3. The van der Waals surface area contributed by atoms with Crippen LogP contribution in [0.25, 0.3) is 0 Å². The van der Waals surface area contributed by atoms with Crippen LogP contribution in [0.5, 0.6) is 0 Å². The number of nitrogens with two attached hydrogens (primary N) is 7. The monoisotopic (exact) mass is 1860 g/mol. The van der Waals surface area contributed by atoms with Gasteiger partial charge in [-0.25, -0.2) is 0 Å². The van der Waals surface area contributed by atoms with Gasteiger partial charge in [-0.1, -0.05) is 175 Å². The van der Waals surface area contributed by atoms with Gasteiger partial charge in [0.25, 0.3) is 0 Å². The fourth-order valence-electron chi connectivity index (χ4n) is 7.46. The molecule has 6 aromatic heterocycles. The zero-order valence-electron chi connectivity index (χ0n) is 74.2. The number of nitrogens with zero attached hydrogens (tertiary/aromatic N) is 20. The molecular formula is C74H151Cl9N36. The minimum Gasteiger partial charge on any atom is -0.354 e. The Hall–Kier alpha value is -5.49. The minimum absolute atomic E-state index is 0.000000000000000444. The van der Waals surface area contributed by atoms with Crippen LogP contribution in [0.15, 0.2) is 0 Å². The number of hydrogen-bond donors (Lipinski definition) is 16. The van der Waals surface area contributed by atoms with Crippen molar-refractivity contribution in [2.75, 3.05) is 192 Å². The lowest BCUT2D eigenvalue weighted by molar-refractivity contribution is 0.321. The van der Waals surface area contributed by atoms with E-state index < -0.39 is 0 Å². The summed E-state index contributed by atoms with van der Waals surface area (Å²) in [5.41, 5.74) is 36.4. The van der Waals surface area contributed by atoms with Crippen molar-refractivity contribution < 1.29 is 0 Å². The third-order valence-electron chi connectivity index (χ3n) is 14.1. The van der Waals surface area contributed by atoms with Gasteiger partial charge in [-0.3, -0.25) is 0 Å². The number of hydrogen-bond acceptors (Lipinski definition) is 36. The van der Waals surface area contributed by atoms with Crippen LogP contribution in [0.3, 0.4) is 0 Å². The normalized spacial score (nSPS) is 9.83. The second-order valence-corrected chi connectivity index (χ2v) is 27.3. The summed E-state index contributed by atoms with van der Waals surface area (Å²) in [4.78, 5) is 75.0. The molecule has 0 aliphatic carbocycles. The maximum atomic E-state index is 5.83. The highest BCUT2D eigenvalue weighted by molar-refractivity contribution is 6.34. The molecule has 0 saturated heterocycles. The van der Waals surface area contributed by atoms with Gasteiger partial charge >= 0.3 is 0 Å². The Morgan fingerprint density at radius 3 is 0.445 bits per heavy atom. The molecule has 0 aliphatic heterocycles. The Kier molecular flexibility index (Phi) is 99.0. The second kappa shape index (κ2) is 94.8. The fraction of sp³-hybridized carbons (Fsp3) is 0.757.